The summed E-state index contributed by atoms with van der Waals surface area (Å²) in [5.41, 5.74) is 0. The van der Waals surface area contributed by atoms with Gasteiger partial charge in [0.25, 0.3) is 0 Å². The number of ether oxygens (including phenoxy) is 1. The zero-order chi connectivity index (χ0) is 9.10. The first kappa shape index (κ1) is 9.51. The van der Waals surface area contributed by atoms with Crippen LogP contribution in [0, 0.1) is 11.8 Å². The highest BCUT2D eigenvalue weighted by Gasteiger charge is 2.29. The van der Waals surface area contributed by atoms with Gasteiger partial charge in [-0.1, -0.05) is 25.7 Å². The highest BCUT2D eigenvalue weighted by atomic mass is 16.5. The molecule has 0 aliphatic heterocycles. The lowest BCUT2D eigenvalue weighted by atomic mass is 9.78. The predicted molar refractivity (Wildman–Crippen MR) is 54.7 cm³/mol. The zero-order valence-electron chi connectivity index (χ0n) is 8.80. The second-order valence-electron chi connectivity index (χ2n) is 4.82. The van der Waals surface area contributed by atoms with Crippen LogP contribution in [-0.4, -0.2) is 13.2 Å². The van der Waals surface area contributed by atoms with Gasteiger partial charge >= 0.3 is 0 Å². The SMILES string of the molecule is COC1CCC(C2CCCC2)CC1. The van der Waals surface area contributed by atoms with Crippen LogP contribution in [-0.2, 0) is 4.74 Å². The quantitative estimate of drug-likeness (QED) is 0.636. The summed E-state index contributed by atoms with van der Waals surface area (Å²) in [7, 11) is 1.86. The first-order chi connectivity index (χ1) is 6.40. The van der Waals surface area contributed by atoms with Crippen LogP contribution in [0.5, 0.6) is 0 Å². The van der Waals surface area contributed by atoms with E-state index in [-0.39, 0.29) is 0 Å². The normalized spacial score (nSPS) is 36.7. The van der Waals surface area contributed by atoms with Crippen molar-refractivity contribution >= 4 is 0 Å². The Morgan fingerprint density at radius 2 is 1.31 bits per heavy atom. The van der Waals surface area contributed by atoms with Crippen molar-refractivity contribution in [3.63, 3.8) is 0 Å². The number of methoxy groups -OCH3 is 1. The minimum Gasteiger partial charge on any atom is -0.381 e. The molecule has 76 valence electrons. The van der Waals surface area contributed by atoms with Gasteiger partial charge in [-0.3, -0.25) is 0 Å². The molecule has 0 heterocycles. The van der Waals surface area contributed by atoms with Crippen LogP contribution in [0.4, 0.5) is 0 Å². The molecule has 0 bridgehead atoms. The molecule has 2 saturated carbocycles. The van der Waals surface area contributed by atoms with Crippen LogP contribution in [0.2, 0.25) is 0 Å². The summed E-state index contributed by atoms with van der Waals surface area (Å²) in [5, 5.41) is 0. The molecule has 0 unspecified atom stereocenters. The van der Waals surface area contributed by atoms with Crippen molar-refractivity contribution in [1.82, 2.24) is 0 Å². The molecule has 0 spiro atoms. The van der Waals surface area contributed by atoms with E-state index in [4.69, 9.17) is 4.74 Å². The molecule has 0 amide bonds. The highest BCUT2D eigenvalue weighted by Crippen LogP contribution is 2.39. The lowest BCUT2D eigenvalue weighted by Gasteiger charge is -2.31. The standard InChI is InChI=1S/C12H22O/c1-13-12-8-6-11(7-9-12)10-4-2-3-5-10/h10-12H,2-9H2,1H3. The minimum absolute atomic E-state index is 0.581. The number of hydrogen-bond donors (Lipinski definition) is 0. The Morgan fingerprint density at radius 3 is 1.85 bits per heavy atom. The average molecular weight is 182 g/mol. The summed E-state index contributed by atoms with van der Waals surface area (Å²) in [6.07, 6.45) is 12.1. The molecule has 0 saturated heterocycles. The fourth-order valence-corrected chi connectivity index (χ4v) is 3.22. The van der Waals surface area contributed by atoms with Crippen molar-refractivity contribution in [3.05, 3.63) is 0 Å². The molecule has 0 aromatic rings. The van der Waals surface area contributed by atoms with Crippen LogP contribution >= 0.6 is 0 Å². The lowest BCUT2D eigenvalue weighted by molar-refractivity contribution is 0.0469. The molecular weight excluding hydrogens is 160 g/mol. The summed E-state index contributed by atoms with van der Waals surface area (Å²) in [6.45, 7) is 0. The van der Waals surface area contributed by atoms with Crippen molar-refractivity contribution in [3.8, 4) is 0 Å². The van der Waals surface area contributed by atoms with E-state index in [1.807, 2.05) is 7.11 Å². The number of rotatable bonds is 2. The van der Waals surface area contributed by atoms with Crippen molar-refractivity contribution in [2.24, 2.45) is 11.8 Å². The van der Waals surface area contributed by atoms with E-state index in [1.165, 1.54) is 51.4 Å². The van der Waals surface area contributed by atoms with Crippen LogP contribution in [0.1, 0.15) is 51.4 Å². The van der Waals surface area contributed by atoms with Crippen LogP contribution in [0.15, 0.2) is 0 Å². The predicted octanol–water partition coefficient (Wildman–Crippen LogP) is 3.38. The second-order valence-corrected chi connectivity index (χ2v) is 4.82. The molecular formula is C12H22O. The Hall–Kier alpha value is -0.0400. The van der Waals surface area contributed by atoms with Gasteiger partial charge in [0.2, 0.25) is 0 Å². The third kappa shape index (κ3) is 2.25. The molecule has 0 radical (unpaired) electrons. The number of hydrogen-bond acceptors (Lipinski definition) is 1. The maximum Gasteiger partial charge on any atom is 0.0571 e. The summed E-state index contributed by atoms with van der Waals surface area (Å²) in [6, 6.07) is 0. The maximum atomic E-state index is 5.40. The van der Waals surface area contributed by atoms with Gasteiger partial charge in [-0.25, -0.2) is 0 Å². The van der Waals surface area contributed by atoms with Gasteiger partial charge in [0.05, 0.1) is 6.10 Å². The van der Waals surface area contributed by atoms with Gasteiger partial charge < -0.3 is 4.74 Å². The lowest BCUT2D eigenvalue weighted by Crippen LogP contribution is -2.24. The summed E-state index contributed by atoms with van der Waals surface area (Å²) in [5.74, 6) is 2.13. The molecule has 1 nitrogen and oxygen atoms in total. The van der Waals surface area contributed by atoms with E-state index in [0.717, 1.165) is 11.8 Å². The smallest absolute Gasteiger partial charge is 0.0571 e. The van der Waals surface area contributed by atoms with Gasteiger partial charge in [0.15, 0.2) is 0 Å². The van der Waals surface area contributed by atoms with Crippen LogP contribution < -0.4 is 0 Å². The van der Waals surface area contributed by atoms with Crippen LogP contribution in [0.25, 0.3) is 0 Å². The van der Waals surface area contributed by atoms with Crippen molar-refractivity contribution in [2.75, 3.05) is 7.11 Å². The fourth-order valence-electron chi connectivity index (χ4n) is 3.22. The molecule has 1 heteroatoms. The maximum absolute atomic E-state index is 5.40. The molecule has 0 aromatic carbocycles. The second kappa shape index (κ2) is 4.45. The topological polar surface area (TPSA) is 9.23 Å². The van der Waals surface area contributed by atoms with Gasteiger partial charge in [0.1, 0.15) is 0 Å². The van der Waals surface area contributed by atoms with Gasteiger partial charge in [-0.2, -0.15) is 0 Å². The van der Waals surface area contributed by atoms with E-state index in [2.05, 4.69) is 0 Å². The van der Waals surface area contributed by atoms with Crippen LogP contribution in [0.3, 0.4) is 0 Å². The van der Waals surface area contributed by atoms with Crippen molar-refractivity contribution < 1.29 is 4.74 Å². The van der Waals surface area contributed by atoms with E-state index in [1.54, 1.807) is 0 Å². The first-order valence-corrected chi connectivity index (χ1v) is 5.93. The monoisotopic (exact) mass is 182 g/mol. The molecule has 0 aromatic heterocycles. The average Bonchev–Trinajstić information content (AvgIpc) is 2.71. The Kier molecular flexibility index (Phi) is 3.26. The summed E-state index contributed by atoms with van der Waals surface area (Å²) < 4.78 is 5.40. The Morgan fingerprint density at radius 1 is 0.769 bits per heavy atom. The van der Waals surface area contributed by atoms with E-state index in [9.17, 15) is 0 Å². The first-order valence-electron chi connectivity index (χ1n) is 5.93. The molecule has 2 rings (SSSR count). The highest BCUT2D eigenvalue weighted by molar-refractivity contribution is 4.80. The Labute approximate surface area is 81.9 Å². The molecule has 0 N–H and O–H groups in total. The third-order valence-electron chi connectivity index (χ3n) is 4.12. The van der Waals surface area contributed by atoms with E-state index < -0.39 is 0 Å². The minimum atomic E-state index is 0.581. The third-order valence-corrected chi connectivity index (χ3v) is 4.12. The molecule has 2 aliphatic carbocycles. The Balaban J connectivity index is 1.77. The van der Waals surface area contributed by atoms with E-state index in [0.29, 0.717) is 6.10 Å². The molecule has 13 heavy (non-hydrogen) atoms. The molecule has 0 atom stereocenters. The van der Waals surface area contributed by atoms with E-state index >= 15 is 0 Å². The summed E-state index contributed by atoms with van der Waals surface area (Å²) >= 11 is 0. The Bertz CT molecular complexity index is 141. The van der Waals surface area contributed by atoms with Crippen molar-refractivity contribution in [2.45, 2.75) is 57.5 Å². The van der Waals surface area contributed by atoms with Gasteiger partial charge in [0, 0.05) is 7.11 Å². The summed E-state index contributed by atoms with van der Waals surface area (Å²) in [4.78, 5) is 0. The van der Waals surface area contributed by atoms with Gasteiger partial charge in [-0.05, 0) is 37.5 Å². The molecule has 2 aliphatic rings. The zero-order valence-corrected chi connectivity index (χ0v) is 8.80. The fraction of sp³-hybridized carbons (Fsp3) is 1.00. The largest absolute Gasteiger partial charge is 0.381 e. The van der Waals surface area contributed by atoms with Crippen molar-refractivity contribution in [1.29, 1.82) is 0 Å². The van der Waals surface area contributed by atoms with Gasteiger partial charge in [-0.15, -0.1) is 0 Å². The molecule has 2 fully saturated rings.